The Morgan fingerprint density at radius 3 is 2.53 bits per heavy atom. The van der Waals surface area contributed by atoms with Crippen LogP contribution in [0.5, 0.6) is 0 Å². The van der Waals surface area contributed by atoms with Gasteiger partial charge in [0, 0.05) is 19.1 Å². The van der Waals surface area contributed by atoms with Crippen LogP contribution in [-0.2, 0) is 4.74 Å². The van der Waals surface area contributed by atoms with Crippen molar-refractivity contribution in [1.82, 2.24) is 5.32 Å². The Hall–Kier alpha value is -0.520. The molecule has 0 saturated heterocycles. The second-order valence-corrected chi connectivity index (χ2v) is 4.84. The number of rotatable bonds is 6. The van der Waals surface area contributed by atoms with E-state index in [1.165, 1.54) is 32.1 Å². The number of nitrogens with one attached hydrogen (secondary N) is 1. The van der Waals surface area contributed by atoms with Gasteiger partial charge in [-0.3, -0.25) is 0 Å². The highest BCUT2D eigenvalue weighted by Gasteiger charge is 2.29. The largest absolute Gasteiger partial charge is 0.377 e. The Balaban J connectivity index is 2.61. The fraction of sp³-hybridized carbons (Fsp3) is 0.867. The molecular weight excluding hydrogens is 210 g/mol. The average Bonchev–Trinajstić information content (AvgIpc) is 2.39. The fourth-order valence-electron chi connectivity index (χ4n) is 2.83. The van der Waals surface area contributed by atoms with Gasteiger partial charge < -0.3 is 10.1 Å². The van der Waals surface area contributed by atoms with Crippen molar-refractivity contribution in [3.8, 4) is 11.8 Å². The first-order valence-electron chi connectivity index (χ1n) is 7.02. The van der Waals surface area contributed by atoms with Gasteiger partial charge in [0.1, 0.15) is 0 Å². The zero-order valence-corrected chi connectivity index (χ0v) is 11.6. The van der Waals surface area contributed by atoms with Crippen molar-refractivity contribution >= 4 is 0 Å². The molecule has 0 radical (unpaired) electrons. The summed E-state index contributed by atoms with van der Waals surface area (Å²) in [6.45, 7) is 4.80. The summed E-state index contributed by atoms with van der Waals surface area (Å²) in [6.07, 6.45) is 8.01. The van der Waals surface area contributed by atoms with Crippen LogP contribution in [0.25, 0.3) is 0 Å². The normalized spacial score (nSPS) is 20.4. The smallest absolute Gasteiger partial charge is 0.0765 e. The molecule has 2 unspecified atom stereocenters. The molecular formula is C15H27NO. The van der Waals surface area contributed by atoms with E-state index in [1.807, 2.05) is 14.0 Å². The molecule has 0 heterocycles. The van der Waals surface area contributed by atoms with Gasteiger partial charge in [0.15, 0.2) is 0 Å². The molecule has 98 valence electrons. The lowest BCUT2D eigenvalue weighted by Gasteiger charge is -2.34. The van der Waals surface area contributed by atoms with Crippen molar-refractivity contribution in [1.29, 1.82) is 0 Å². The summed E-state index contributed by atoms with van der Waals surface area (Å²) in [5.74, 6) is 6.89. The van der Waals surface area contributed by atoms with Crippen LogP contribution in [-0.4, -0.2) is 25.8 Å². The molecule has 1 aliphatic rings. The minimum atomic E-state index is 0.339. The highest BCUT2D eigenvalue weighted by atomic mass is 16.5. The highest BCUT2D eigenvalue weighted by Crippen LogP contribution is 2.30. The van der Waals surface area contributed by atoms with E-state index in [4.69, 9.17) is 4.74 Å². The van der Waals surface area contributed by atoms with Gasteiger partial charge >= 0.3 is 0 Å². The van der Waals surface area contributed by atoms with E-state index >= 15 is 0 Å². The average molecular weight is 237 g/mol. The van der Waals surface area contributed by atoms with Gasteiger partial charge in [0.25, 0.3) is 0 Å². The first-order valence-corrected chi connectivity index (χ1v) is 7.02. The van der Waals surface area contributed by atoms with Crippen LogP contribution in [0.1, 0.15) is 52.4 Å². The second kappa shape index (κ2) is 8.55. The molecule has 2 heteroatoms. The van der Waals surface area contributed by atoms with Gasteiger partial charge in [0.2, 0.25) is 0 Å². The molecule has 0 aromatic rings. The van der Waals surface area contributed by atoms with Crippen LogP contribution < -0.4 is 5.32 Å². The van der Waals surface area contributed by atoms with E-state index in [-0.39, 0.29) is 0 Å². The predicted molar refractivity (Wildman–Crippen MR) is 72.9 cm³/mol. The first kappa shape index (κ1) is 14.5. The standard InChI is InChI=1S/C15H27NO/c1-4-6-12-14(16-3)15(17-5-2)13-10-8-7-9-11-13/h13-16H,5,7-12H2,1-3H3. The molecule has 0 aromatic carbocycles. The topological polar surface area (TPSA) is 21.3 Å². The second-order valence-electron chi connectivity index (χ2n) is 4.84. The molecule has 17 heavy (non-hydrogen) atoms. The van der Waals surface area contributed by atoms with Gasteiger partial charge in [-0.1, -0.05) is 19.3 Å². The van der Waals surface area contributed by atoms with Gasteiger partial charge in [0.05, 0.1) is 6.10 Å². The van der Waals surface area contributed by atoms with Gasteiger partial charge in [-0.15, -0.1) is 11.8 Å². The number of likely N-dealkylation sites (N-methyl/N-ethyl adjacent to an activating group) is 1. The van der Waals surface area contributed by atoms with Crippen molar-refractivity contribution in [3.63, 3.8) is 0 Å². The maximum absolute atomic E-state index is 6.00. The van der Waals surface area contributed by atoms with E-state index in [0.29, 0.717) is 12.1 Å². The molecule has 1 N–H and O–H groups in total. The van der Waals surface area contributed by atoms with Gasteiger partial charge in [-0.2, -0.15) is 0 Å². The van der Waals surface area contributed by atoms with Gasteiger partial charge in [-0.25, -0.2) is 0 Å². The Bertz CT molecular complexity index is 247. The zero-order chi connectivity index (χ0) is 12.5. The molecule has 1 fully saturated rings. The van der Waals surface area contributed by atoms with Gasteiger partial charge in [-0.05, 0) is 39.7 Å². The molecule has 0 aliphatic heterocycles. The lowest BCUT2D eigenvalue weighted by molar-refractivity contribution is -0.0149. The van der Waals surface area contributed by atoms with E-state index in [0.717, 1.165) is 18.9 Å². The third kappa shape index (κ3) is 4.69. The lowest BCUT2D eigenvalue weighted by Crippen LogP contribution is -2.44. The molecule has 0 aromatic heterocycles. The Morgan fingerprint density at radius 2 is 2.00 bits per heavy atom. The quantitative estimate of drug-likeness (QED) is 0.717. The van der Waals surface area contributed by atoms with E-state index < -0.39 is 0 Å². The molecule has 2 atom stereocenters. The zero-order valence-electron chi connectivity index (χ0n) is 11.6. The van der Waals surface area contributed by atoms with Crippen molar-refractivity contribution in [2.24, 2.45) is 5.92 Å². The molecule has 2 nitrogen and oxygen atoms in total. The number of ether oxygens (including phenoxy) is 1. The molecule has 0 bridgehead atoms. The van der Waals surface area contributed by atoms with E-state index in [9.17, 15) is 0 Å². The maximum Gasteiger partial charge on any atom is 0.0765 e. The van der Waals surface area contributed by atoms with Crippen LogP contribution in [0.4, 0.5) is 0 Å². The summed E-state index contributed by atoms with van der Waals surface area (Å²) in [6, 6.07) is 0.380. The molecule has 1 rings (SSSR count). The highest BCUT2D eigenvalue weighted by molar-refractivity contribution is 5.00. The Morgan fingerprint density at radius 1 is 1.29 bits per heavy atom. The summed E-state index contributed by atoms with van der Waals surface area (Å²) in [7, 11) is 2.02. The van der Waals surface area contributed by atoms with Crippen molar-refractivity contribution < 1.29 is 4.74 Å². The molecule has 1 saturated carbocycles. The summed E-state index contributed by atoms with van der Waals surface area (Å²) in [5.41, 5.74) is 0. The number of hydrogen-bond donors (Lipinski definition) is 1. The van der Waals surface area contributed by atoms with E-state index in [1.54, 1.807) is 0 Å². The molecule has 0 spiro atoms. The molecule has 1 aliphatic carbocycles. The van der Waals surface area contributed by atoms with Crippen molar-refractivity contribution in [2.75, 3.05) is 13.7 Å². The van der Waals surface area contributed by atoms with Crippen LogP contribution >= 0.6 is 0 Å². The minimum Gasteiger partial charge on any atom is -0.377 e. The van der Waals surface area contributed by atoms with Crippen LogP contribution in [0.3, 0.4) is 0 Å². The van der Waals surface area contributed by atoms with Crippen molar-refractivity contribution in [3.05, 3.63) is 0 Å². The molecule has 0 amide bonds. The summed E-state index contributed by atoms with van der Waals surface area (Å²) < 4.78 is 6.00. The van der Waals surface area contributed by atoms with Crippen LogP contribution in [0.2, 0.25) is 0 Å². The SMILES string of the molecule is CC#CCC(NC)C(OCC)C1CCCCC1. The van der Waals surface area contributed by atoms with E-state index in [2.05, 4.69) is 24.1 Å². The summed E-state index contributed by atoms with van der Waals surface area (Å²) >= 11 is 0. The third-order valence-electron chi connectivity index (χ3n) is 3.74. The Kier molecular flexibility index (Phi) is 7.32. The summed E-state index contributed by atoms with van der Waals surface area (Å²) in [5, 5.41) is 3.39. The predicted octanol–water partition coefficient (Wildman–Crippen LogP) is 2.97. The maximum atomic E-state index is 6.00. The minimum absolute atomic E-state index is 0.339. The third-order valence-corrected chi connectivity index (χ3v) is 3.74. The lowest BCUT2D eigenvalue weighted by atomic mass is 9.82. The van der Waals surface area contributed by atoms with Crippen LogP contribution in [0, 0.1) is 17.8 Å². The Labute approximate surface area is 107 Å². The first-order chi connectivity index (χ1) is 8.33. The fourth-order valence-corrected chi connectivity index (χ4v) is 2.83. The summed E-state index contributed by atoms with van der Waals surface area (Å²) in [4.78, 5) is 0. The number of hydrogen-bond acceptors (Lipinski definition) is 2. The van der Waals surface area contributed by atoms with Crippen LogP contribution in [0.15, 0.2) is 0 Å². The van der Waals surface area contributed by atoms with Crippen molar-refractivity contribution in [2.45, 2.75) is 64.5 Å². The monoisotopic (exact) mass is 237 g/mol.